The van der Waals surface area contributed by atoms with Gasteiger partial charge < -0.3 is 20.0 Å². The average molecular weight is 600 g/mol. The molecule has 1 atom stereocenters. The van der Waals surface area contributed by atoms with Crippen LogP contribution in [0.3, 0.4) is 0 Å². The summed E-state index contributed by atoms with van der Waals surface area (Å²) in [5.74, 6) is 0.502. The Morgan fingerprint density at radius 1 is 1.07 bits per heavy atom. The van der Waals surface area contributed by atoms with E-state index in [2.05, 4.69) is 52.3 Å². The van der Waals surface area contributed by atoms with Crippen LogP contribution in [-0.4, -0.2) is 76.6 Å². The number of rotatable bonds is 6. The van der Waals surface area contributed by atoms with Gasteiger partial charge in [0.1, 0.15) is 5.65 Å². The van der Waals surface area contributed by atoms with E-state index in [0.29, 0.717) is 53.7 Å². The van der Waals surface area contributed by atoms with E-state index in [1.807, 2.05) is 36.9 Å². The first-order chi connectivity index (χ1) is 20.7. The molecule has 0 radical (unpaired) electrons. The quantitative estimate of drug-likeness (QED) is 0.317. The van der Waals surface area contributed by atoms with Crippen molar-refractivity contribution < 1.29 is 4.79 Å². The van der Waals surface area contributed by atoms with Crippen LogP contribution in [0.4, 0.5) is 17.3 Å². The van der Waals surface area contributed by atoms with Crippen molar-refractivity contribution in [2.24, 2.45) is 0 Å². The van der Waals surface area contributed by atoms with Gasteiger partial charge in [0.05, 0.1) is 11.6 Å². The monoisotopic (exact) mass is 599 g/mol. The van der Waals surface area contributed by atoms with Crippen molar-refractivity contribution in [3.05, 3.63) is 75.2 Å². The Kier molecular flexibility index (Phi) is 8.11. The van der Waals surface area contributed by atoms with Crippen molar-refractivity contribution in [2.75, 3.05) is 56.5 Å². The maximum atomic E-state index is 14.3. The standard InChI is InChI=1S/C33H38ClN7O2/c1-5-29(42)40-13-12-24(20-40)41-31-26(22(3)30(32(41)43)25-8-6-7-9-27(25)34)19-35-33(37-31)36-23-10-11-28(21(2)18-23)39-16-14-38(4)15-17-39/h6-11,18-19,24H,5,12-17,20H2,1-4H3,(H,35,36,37)/t24-/m0/s1. The Balaban J connectivity index is 1.41. The number of hydrogen-bond donors (Lipinski definition) is 1. The number of aryl methyl sites for hydroxylation is 2. The second-order valence-corrected chi connectivity index (χ2v) is 12.0. The lowest BCUT2D eigenvalue weighted by atomic mass is 9.99. The summed E-state index contributed by atoms with van der Waals surface area (Å²) >= 11 is 6.60. The number of aromatic nitrogens is 3. The lowest BCUT2D eigenvalue weighted by molar-refractivity contribution is -0.129. The summed E-state index contributed by atoms with van der Waals surface area (Å²) in [5.41, 5.74) is 5.69. The molecule has 43 heavy (non-hydrogen) atoms. The molecular weight excluding hydrogens is 562 g/mol. The van der Waals surface area contributed by atoms with Crippen LogP contribution in [0.25, 0.3) is 22.2 Å². The van der Waals surface area contributed by atoms with Crippen molar-refractivity contribution in [1.82, 2.24) is 24.3 Å². The maximum absolute atomic E-state index is 14.3. The predicted molar refractivity (Wildman–Crippen MR) is 174 cm³/mol. The number of nitrogens with one attached hydrogen (secondary N) is 1. The SMILES string of the molecule is CCC(=O)N1CC[C@H](n2c(=O)c(-c3ccccc3Cl)c(C)c3cnc(Nc4ccc(N5CCN(C)CC5)c(C)c4)nc32)C1. The molecule has 1 N–H and O–H groups in total. The highest BCUT2D eigenvalue weighted by Crippen LogP contribution is 2.34. The number of benzene rings is 2. The van der Waals surface area contributed by atoms with Crippen molar-refractivity contribution in [3.63, 3.8) is 0 Å². The van der Waals surface area contributed by atoms with E-state index in [1.54, 1.807) is 16.8 Å². The Bertz CT molecular complexity index is 1750. The van der Waals surface area contributed by atoms with Gasteiger partial charge in [-0.2, -0.15) is 4.98 Å². The third-order valence-corrected chi connectivity index (χ3v) is 9.16. The van der Waals surface area contributed by atoms with Crippen LogP contribution < -0.4 is 15.8 Å². The smallest absolute Gasteiger partial charge is 0.260 e. The Morgan fingerprint density at radius 3 is 2.56 bits per heavy atom. The molecule has 2 aromatic carbocycles. The highest BCUT2D eigenvalue weighted by atomic mass is 35.5. The highest BCUT2D eigenvalue weighted by Gasteiger charge is 2.31. The summed E-state index contributed by atoms with van der Waals surface area (Å²) in [6.45, 7) is 11.1. The number of pyridine rings is 1. The van der Waals surface area contributed by atoms with Gasteiger partial charge in [-0.25, -0.2) is 4.98 Å². The number of amides is 1. The Labute approximate surface area is 257 Å². The van der Waals surface area contributed by atoms with Crippen molar-refractivity contribution >= 4 is 45.9 Å². The molecule has 4 heterocycles. The molecule has 0 saturated carbocycles. The van der Waals surface area contributed by atoms with E-state index in [4.69, 9.17) is 16.6 Å². The molecule has 224 valence electrons. The fraction of sp³-hybridized carbons (Fsp3) is 0.394. The first-order valence-corrected chi connectivity index (χ1v) is 15.4. The normalized spacial score (nSPS) is 17.6. The number of carbonyl (C=O) groups is 1. The number of fused-ring (bicyclic) bond motifs is 1. The van der Waals surface area contributed by atoms with E-state index >= 15 is 0 Å². The van der Waals surface area contributed by atoms with Crippen LogP contribution >= 0.6 is 11.6 Å². The van der Waals surface area contributed by atoms with Gasteiger partial charge in [0.15, 0.2) is 0 Å². The van der Waals surface area contributed by atoms with Gasteiger partial charge >= 0.3 is 0 Å². The van der Waals surface area contributed by atoms with Crippen LogP contribution in [0.2, 0.25) is 5.02 Å². The number of anilines is 3. The van der Waals surface area contributed by atoms with Crippen molar-refractivity contribution in [3.8, 4) is 11.1 Å². The van der Waals surface area contributed by atoms with E-state index < -0.39 is 0 Å². The van der Waals surface area contributed by atoms with Gasteiger partial charge in [0.2, 0.25) is 11.9 Å². The lowest BCUT2D eigenvalue weighted by Gasteiger charge is -2.35. The molecule has 6 rings (SSSR count). The molecule has 4 aromatic rings. The summed E-state index contributed by atoms with van der Waals surface area (Å²) < 4.78 is 1.76. The van der Waals surface area contributed by atoms with Crippen LogP contribution in [0.15, 0.2) is 53.5 Å². The fourth-order valence-corrected chi connectivity index (χ4v) is 6.61. The fourth-order valence-electron chi connectivity index (χ4n) is 6.38. The van der Waals surface area contributed by atoms with E-state index in [-0.39, 0.29) is 17.5 Å². The Hall–Kier alpha value is -3.95. The van der Waals surface area contributed by atoms with E-state index in [0.717, 1.165) is 42.8 Å². The number of carbonyl (C=O) groups excluding carboxylic acids is 1. The topological polar surface area (TPSA) is 86.6 Å². The number of nitrogens with zero attached hydrogens (tertiary/aromatic N) is 6. The summed E-state index contributed by atoms with van der Waals surface area (Å²) in [6, 6.07) is 13.5. The molecular formula is C33H38ClN7O2. The highest BCUT2D eigenvalue weighted by molar-refractivity contribution is 6.33. The second kappa shape index (κ2) is 12.0. The summed E-state index contributed by atoms with van der Waals surface area (Å²) in [7, 11) is 2.16. The molecule has 2 saturated heterocycles. The van der Waals surface area contributed by atoms with Gasteiger partial charge in [-0.15, -0.1) is 0 Å². The third-order valence-electron chi connectivity index (χ3n) is 8.83. The molecule has 2 aromatic heterocycles. The van der Waals surface area contributed by atoms with Crippen LogP contribution in [0, 0.1) is 13.8 Å². The Morgan fingerprint density at radius 2 is 1.84 bits per heavy atom. The minimum Gasteiger partial charge on any atom is -0.369 e. The number of halogens is 1. The summed E-state index contributed by atoms with van der Waals surface area (Å²) in [4.78, 5) is 43.1. The molecule has 0 aliphatic carbocycles. The molecule has 1 amide bonds. The number of hydrogen-bond acceptors (Lipinski definition) is 7. The van der Waals surface area contributed by atoms with Crippen LogP contribution in [0.1, 0.15) is 36.9 Å². The van der Waals surface area contributed by atoms with Crippen molar-refractivity contribution in [2.45, 2.75) is 39.7 Å². The molecule has 2 fully saturated rings. The first kappa shape index (κ1) is 29.1. The maximum Gasteiger partial charge on any atom is 0.260 e. The van der Waals surface area contributed by atoms with Crippen LogP contribution in [-0.2, 0) is 4.79 Å². The number of piperazine rings is 1. The van der Waals surface area contributed by atoms with Gasteiger partial charge in [-0.1, -0.05) is 36.7 Å². The van der Waals surface area contributed by atoms with Gasteiger partial charge in [0.25, 0.3) is 5.56 Å². The molecule has 9 nitrogen and oxygen atoms in total. The number of likely N-dealkylation sites (N-methyl/N-ethyl adjacent to an activating group) is 1. The minimum absolute atomic E-state index is 0.0886. The average Bonchev–Trinajstić information content (AvgIpc) is 3.48. The third kappa shape index (κ3) is 5.59. The zero-order chi connectivity index (χ0) is 30.2. The zero-order valence-electron chi connectivity index (χ0n) is 25.2. The molecule has 0 bridgehead atoms. The van der Waals surface area contributed by atoms with E-state index in [1.165, 1.54) is 11.3 Å². The van der Waals surface area contributed by atoms with Gasteiger partial charge in [-0.3, -0.25) is 14.2 Å². The molecule has 0 spiro atoms. The summed E-state index contributed by atoms with van der Waals surface area (Å²) in [5, 5.41) is 4.66. The lowest BCUT2D eigenvalue weighted by Crippen LogP contribution is -2.44. The van der Waals surface area contributed by atoms with Crippen molar-refractivity contribution in [1.29, 1.82) is 0 Å². The molecule has 0 unspecified atom stereocenters. The predicted octanol–water partition coefficient (Wildman–Crippen LogP) is 5.41. The minimum atomic E-state index is -0.208. The molecule has 10 heteroatoms. The molecule has 2 aliphatic rings. The van der Waals surface area contributed by atoms with Gasteiger partial charge in [-0.05, 0) is 62.7 Å². The summed E-state index contributed by atoms with van der Waals surface area (Å²) in [6.07, 6.45) is 2.89. The molecule has 2 aliphatic heterocycles. The van der Waals surface area contributed by atoms with Gasteiger partial charge in [0, 0.05) is 79.2 Å². The second-order valence-electron chi connectivity index (χ2n) is 11.6. The van der Waals surface area contributed by atoms with Crippen LogP contribution in [0.5, 0.6) is 0 Å². The zero-order valence-corrected chi connectivity index (χ0v) is 26.0. The first-order valence-electron chi connectivity index (χ1n) is 15.0. The largest absolute Gasteiger partial charge is 0.369 e. The van der Waals surface area contributed by atoms with E-state index in [9.17, 15) is 9.59 Å². The number of likely N-dealkylation sites (tertiary alicyclic amines) is 1.